The van der Waals surface area contributed by atoms with Crippen molar-refractivity contribution in [2.24, 2.45) is 0 Å². The molecule has 2 aromatic rings. The molecule has 0 saturated carbocycles. The minimum absolute atomic E-state index is 0.169. The van der Waals surface area contributed by atoms with Crippen LogP contribution in [-0.4, -0.2) is 24.1 Å². The van der Waals surface area contributed by atoms with Crippen LogP contribution in [0.3, 0.4) is 0 Å². The number of thiazole rings is 1. The van der Waals surface area contributed by atoms with Crippen molar-refractivity contribution in [1.82, 2.24) is 4.98 Å². The van der Waals surface area contributed by atoms with Gasteiger partial charge in [0, 0.05) is 6.54 Å². The molecule has 0 fully saturated rings. The number of carbonyl (C=O) groups is 1. The maximum absolute atomic E-state index is 11.6. The number of esters is 1. The molecule has 0 spiro atoms. The molecule has 5 heteroatoms. The van der Waals surface area contributed by atoms with Crippen molar-refractivity contribution >= 4 is 32.7 Å². The summed E-state index contributed by atoms with van der Waals surface area (Å²) in [4.78, 5) is 16.0. The first-order chi connectivity index (χ1) is 9.22. The third-order valence-corrected chi connectivity index (χ3v) is 3.57. The van der Waals surface area contributed by atoms with Crippen molar-refractivity contribution in [3.05, 3.63) is 23.8 Å². The Morgan fingerprint density at radius 3 is 3.00 bits per heavy atom. The zero-order valence-electron chi connectivity index (χ0n) is 11.2. The summed E-state index contributed by atoms with van der Waals surface area (Å²) in [5, 5.41) is 4.12. The highest BCUT2D eigenvalue weighted by atomic mass is 32.1. The van der Waals surface area contributed by atoms with Gasteiger partial charge in [0.1, 0.15) is 0 Å². The molecule has 0 radical (unpaired) electrons. The maximum atomic E-state index is 11.6. The summed E-state index contributed by atoms with van der Waals surface area (Å²) in [5.41, 5.74) is 1.94. The molecule has 0 aliphatic carbocycles. The Labute approximate surface area is 116 Å². The van der Waals surface area contributed by atoms with Gasteiger partial charge >= 0.3 is 5.97 Å². The highest BCUT2D eigenvalue weighted by Gasteiger charge is 2.08. The number of hydrogen-bond acceptors (Lipinski definition) is 5. The fourth-order valence-corrected chi connectivity index (χ4v) is 2.74. The third-order valence-electron chi connectivity index (χ3n) is 2.60. The van der Waals surface area contributed by atoms with E-state index in [1.807, 2.05) is 32.0 Å². The first-order valence-electron chi connectivity index (χ1n) is 6.52. The molecule has 0 saturated heterocycles. The summed E-state index contributed by atoms with van der Waals surface area (Å²) >= 11 is 1.61. The molecule has 1 N–H and O–H groups in total. The van der Waals surface area contributed by atoms with Gasteiger partial charge in [-0.2, -0.15) is 0 Å². The van der Waals surface area contributed by atoms with Gasteiger partial charge in [0.25, 0.3) is 0 Å². The number of anilines is 1. The van der Waals surface area contributed by atoms with Gasteiger partial charge in [-0.05, 0) is 31.0 Å². The van der Waals surface area contributed by atoms with Gasteiger partial charge in [0.15, 0.2) is 5.13 Å². The Morgan fingerprint density at radius 1 is 1.42 bits per heavy atom. The predicted octanol–water partition coefficient (Wildman–Crippen LogP) is 3.22. The zero-order valence-corrected chi connectivity index (χ0v) is 12.0. The average Bonchev–Trinajstić information content (AvgIpc) is 2.78. The average molecular weight is 278 g/mol. The van der Waals surface area contributed by atoms with Gasteiger partial charge in [0.2, 0.25) is 0 Å². The van der Waals surface area contributed by atoms with E-state index in [4.69, 9.17) is 4.74 Å². The second-order valence-electron chi connectivity index (χ2n) is 4.25. The summed E-state index contributed by atoms with van der Waals surface area (Å²) in [6, 6.07) is 5.90. The van der Waals surface area contributed by atoms with Crippen molar-refractivity contribution < 1.29 is 9.53 Å². The Morgan fingerprint density at radius 2 is 2.26 bits per heavy atom. The van der Waals surface area contributed by atoms with E-state index in [9.17, 15) is 4.79 Å². The van der Waals surface area contributed by atoms with E-state index in [2.05, 4.69) is 10.3 Å². The molecule has 1 aromatic carbocycles. The molecule has 19 heavy (non-hydrogen) atoms. The van der Waals surface area contributed by atoms with Gasteiger partial charge in [-0.3, -0.25) is 4.79 Å². The molecule has 1 heterocycles. The van der Waals surface area contributed by atoms with Gasteiger partial charge in [-0.1, -0.05) is 24.3 Å². The summed E-state index contributed by atoms with van der Waals surface area (Å²) < 4.78 is 6.18. The standard InChI is InChI=1S/C14H18N2O2S/c1-3-7-18-13(17)9-10-5-6-11-12(8-10)19-14(16-11)15-4-2/h5-6,8H,3-4,7,9H2,1-2H3,(H,15,16). The van der Waals surface area contributed by atoms with Crippen LogP contribution in [-0.2, 0) is 16.0 Å². The van der Waals surface area contributed by atoms with E-state index >= 15 is 0 Å². The quantitative estimate of drug-likeness (QED) is 0.824. The molecular formula is C14H18N2O2S. The topological polar surface area (TPSA) is 51.2 Å². The lowest BCUT2D eigenvalue weighted by Crippen LogP contribution is -2.08. The lowest BCUT2D eigenvalue weighted by molar-refractivity contribution is -0.142. The van der Waals surface area contributed by atoms with E-state index in [1.165, 1.54) is 0 Å². The summed E-state index contributed by atoms with van der Waals surface area (Å²) in [7, 11) is 0. The van der Waals surface area contributed by atoms with Crippen LogP contribution in [0.2, 0.25) is 0 Å². The zero-order chi connectivity index (χ0) is 13.7. The molecule has 102 valence electrons. The highest BCUT2D eigenvalue weighted by molar-refractivity contribution is 7.22. The molecular weight excluding hydrogens is 260 g/mol. The minimum Gasteiger partial charge on any atom is -0.465 e. The monoisotopic (exact) mass is 278 g/mol. The molecule has 0 atom stereocenters. The minimum atomic E-state index is -0.169. The molecule has 2 rings (SSSR count). The van der Waals surface area contributed by atoms with Crippen LogP contribution in [0.5, 0.6) is 0 Å². The second kappa shape index (κ2) is 6.52. The van der Waals surface area contributed by atoms with Crippen LogP contribution in [0.4, 0.5) is 5.13 Å². The maximum Gasteiger partial charge on any atom is 0.310 e. The largest absolute Gasteiger partial charge is 0.465 e. The smallest absolute Gasteiger partial charge is 0.310 e. The van der Waals surface area contributed by atoms with Crippen molar-refractivity contribution in [3.8, 4) is 0 Å². The fraction of sp³-hybridized carbons (Fsp3) is 0.429. The Kier molecular flexibility index (Phi) is 4.74. The van der Waals surface area contributed by atoms with Crippen LogP contribution in [0.15, 0.2) is 18.2 Å². The van der Waals surface area contributed by atoms with Crippen molar-refractivity contribution in [2.75, 3.05) is 18.5 Å². The van der Waals surface area contributed by atoms with Crippen LogP contribution in [0.25, 0.3) is 10.2 Å². The molecule has 0 amide bonds. The van der Waals surface area contributed by atoms with Crippen molar-refractivity contribution in [3.63, 3.8) is 0 Å². The fourth-order valence-electron chi connectivity index (χ4n) is 1.74. The summed E-state index contributed by atoms with van der Waals surface area (Å²) in [6.07, 6.45) is 1.18. The van der Waals surface area contributed by atoms with E-state index < -0.39 is 0 Å². The van der Waals surface area contributed by atoms with Crippen molar-refractivity contribution in [2.45, 2.75) is 26.7 Å². The van der Waals surface area contributed by atoms with Crippen molar-refractivity contribution in [1.29, 1.82) is 0 Å². The third kappa shape index (κ3) is 3.67. The number of nitrogens with one attached hydrogen (secondary N) is 1. The number of hydrogen-bond donors (Lipinski definition) is 1. The first kappa shape index (κ1) is 13.8. The molecule has 4 nitrogen and oxygen atoms in total. The van der Waals surface area contributed by atoms with Gasteiger partial charge in [-0.25, -0.2) is 4.98 Å². The molecule has 0 aliphatic heterocycles. The molecule has 0 aliphatic rings. The van der Waals surface area contributed by atoms with Crippen LogP contribution in [0, 0.1) is 0 Å². The number of fused-ring (bicyclic) bond motifs is 1. The van der Waals surface area contributed by atoms with E-state index in [-0.39, 0.29) is 5.97 Å². The van der Waals surface area contributed by atoms with E-state index in [1.54, 1.807) is 11.3 Å². The number of carbonyl (C=O) groups excluding carboxylic acids is 1. The van der Waals surface area contributed by atoms with Gasteiger partial charge in [0.05, 0.1) is 23.2 Å². The first-order valence-corrected chi connectivity index (χ1v) is 7.33. The number of aromatic nitrogens is 1. The van der Waals surface area contributed by atoms with Crippen LogP contribution in [0.1, 0.15) is 25.8 Å². The highest BCUT2D eigenvalue weighted by Crippen LogP contribution is 2.26. The van der Waals surface area contributed by atoms with E-state index in [0.717, 1.165) is 33.9 Å². The SMILES string of the molecule is CCCOC(=O)Cc1ccc2nc(NCC)sc2c1. The Hall–Kier alpha value is -1.62. The van der Waals surface area contributed by atoms with E-state index in [0.29, 0.717) is 13.0 Å². The van der Waals surface area contributed by atoms with Gasteiger partial charge < -0.3 is 10.1 Å². The second-order valence-corrected chi connectivity index (χ2v) is 5.28. The van der Waals surface area contributed by atoms with Gasteiger partial charge in [-0.15, -0.1) is 0 Å². The number of rotatable bonds is 6. The summed E-state index contributed by atoms with van der Waals surface area (Å²) in [6.45, 7) is 5.38. The lowest BCUT2D eigenvalue weighted by Gasteiger charge is -2.02. The van der Waals surface area contributed by atoms with Crippen LogP contribution >= 0.6 is 11.3 Å². The molecule has 1 aromatic heterocycles. The van der Waals surface area contributed by atoms with Crippen LogP contribution < -0.4 is 5.32 Å². The molecule has 0 bridgehead atoms. The summed E-state index contributed by atoms with van der Waals surface area (Å²) in [5.74, 6) is -0.169. The molecule has 0 unspecified atom stereocenters. The number of ether oxygens (including phenoxy) is 1. The number of nitrogens with zero attached hydrogens (tertiary/aromatic N) is 1. The lowest BCUT2D eigenvalue weighted by atomic mass is 10.1. The normalized spacial score (nSPS) is 10.6. The Balaban J connectivity index is 2.10. The Bertz CT molecular complexity index is 566. The number of benzene rings is 1. The predicted molar refractivity (Wildman–Crippen MR) is 78.7 cm³/mol.